The fourth-order valence-electron chi connectivity index (χ4n) is 2.23. The Hall–Kier alpha value is -0.160. The Morgan fingerprint density at radius 1 is 1.10 bits per heavy atom. The minimum atomic E-state index is 0.234. The van der Waals surface area contributed by atoms with E-state index in [1.165, 1.54) is 20.5 Å². The molecule has 1 heterocycles. The maximum Gasteiger partial charge on any atom is 0.0761 e. The van der Waals surface area contributed by atoms with Crippen molar-refractivity contribution in [1.82, 2.24) is 5.32 Å². The van der Waals surface area contributed by atoms with E-state index in [2.05, 4.69) is 88.3 Å². The normalized spacial score (nSPS) is 12.9. The molecule has 4 heteroatoms. The van der Waals surface area contributed by atoms with Crippen LogP contribution in [0.3, 0.4) is 0 Å². The van der Waals surface area contributed by atoms with Gasteiger partial charge in [-0.2, -0.15) is 0 Å². The molecule has 2 aromatic rings. The van der Waals surface area contributed by atoms with Gasteiger partial charge in [-0.15, -0.1) is 11.3 Å². The lowest BCUT2D eigenvalue weighted by molar-refractivity contribution is 0.630. The summed E-state index contributed by atoms with van der Waals surface area (Å²) in [6.45, 7) is 7.54. The molecular weight excluding hydrogens is 398 g/mol. The molecule has 1 unspecified atom stereocenters. The Balaban J connectivity index is 2.35. The lowest BCUT2D eigenvalue weighted by Crippen LogP contribution is -2.21. The number of nitrogens with one attached hydrogen (secondary N) is 1. The van der Waals surface area contributed by atoms with Crippen LogP contribution in [0.25, 0.3) is 0 Å². The standard InChI is InChI=1S/C16H19Br2NS/c1-4-19-15(13-9-14(17)20-16(13)18)12-7-5-11(6-8-12)10(2)3/h5-10,15,19H,4H2,1-3H3. The minimum Gasteiger partial charge on any atom is -0.306 e. The van der Waals surface area contributed by atoms with E-state index >= 15 is 0 Å². The molecule has 1 N–H and O–H groups in total. The number of hydrogen-bond acceptors (Lipinski definition) is 2. The SMILES string of the molecule is CCNC(c1ccc(C(C)C)cc1)c1cc(Br)sc1Br. The molecule has 1 aromatic heterocycles. The third kappa shape index (κ3) is 3.73. The van der Waals surface area contributed by atoms with Gasteiger partial charge in [-0.3, -0.25) is 0 Å². The summed E-state index contributed by atoms with van der Waals surface area (Å²) in [7, 11) is 0. The molecule has 0 aliphatic carbocycles. The molecule has 108 valence electrons. The predicted octanol–water partition coefficient (Wildman–Crippen LogP) is 6.10. The lowest BCUT2D eigenvalue weighted by Gasteiger charge is -2.19. The Labute approximate surface area is 142 Å². The molecule has 0 bridgehead atoms. The Kier molecular flexibility index (Phi) is 5.84. The molecule has 0 aliphatic rings. The van der Waals surface area contributed by atoms with Gasteiger partial charge in [0.1, 0.15) is 0 Å². The minimum absolute atomic E-state index is 0.234. The number of halogens is 2. The van der Waals surface area contributed by atoms with Crippen LogP contribution in [0, 0.1) is 0 Å². The molecule has 2 rings (SSSR count). The molecule has 0 aliphatic heterocycles. The first-order chi connectivity index (χ1) is 9.52. The second kappa shape index (κ2) is 7.21. The highest BCUT2D eigenvalue weighted by Crippen LogP contribution is 2.38. The number of rotatable bonds is 5. The van der Waals surface area contributed by atoms with Gasteiger partial charge in [0, 0.05) is 0 Å². The van der Waals surface area contributed by atoms with Crippen molar-refractivity contribution in [3.63, 3.8) is 0 Å². The maximum absolute atomic E-state index is 3.67. The zero-order chi connectivity index (χ0) is 14.7. The van der Waals surface area contributed by atoms with Crippen molar-refractivity contribution < 1.29 is 0 Å². The van der Waals surface area contributed by atoms with E-state index in [-0.39, 0.29) is 6.04 Å². The van der Waals surface area contributed by atoms with Crippen molar-refractivity contribution >= 4 is 43.2 Å². The van der Waals surface area contributed by atoms with E-state index in [0.717, 1.165) is 10.3 Å². The van der Waals surface area contributed by atoms with Crippen LogP contribution in [0.2, 0.25) is 0 Å². The summed E-state index contributed by atoms with van der Waals surface area (Å²) in [5.41, 5.74) is 3.98. The molecule has 0 saturated carbocycles. The van der Waals surface area contributed by atoms with Gasteiger partial charge in [0.15, 0.2) is 0 Å². The molecule has 1 atom stereocenters. The third-order valence-corrected chi connectivity index (χ3v) is 5.72. The van der Waals surface area contributed by atoms with Gasteiger partial charge in [0.05, 0.1) is 13.6 Å². The highest BCUT2D eigenvalue weighted by Gasteiger charge is 2.18. The highest BCUT2D eigenvalue weighted by atomic mass is 79.9. The number of thiophene rings is 1. The summed E-state index contributed by atoms with van der Waals surface area (Å²) in [4.78, 5) is 0. The average Bonchev–Trinajstić information content (AvgIpc) is 2.75. The van der Waals surface area contributed by atoms with Gasteiger partial charge >= 0.3 is 0 Å². The fraction of sp³-hybridized carbons (Fsp3) is 0.375. The van der Waals surface area contributed by atoms with E-state index in [0.29, 0.717) is 5.92 Å². The van der Waals surface area contributed by atoms with Gasteiger partial charge < -0.3 is 5.32 Å². The monoisotopic (exact) mass is 415 g/mol. The van der Waals surface area contributed by atoms with Crippen LogP contribution >= 0.6 is 43.2 Å². The van der Waals surface area contributed by atoms with Crippen LogP contribution in [-0.4, -0.2) is 6.54 Å². The first kappa shape index (κ1) is 16.2. The van der Waals surface area contributed by atoms with E-state index in [1.807, 2.05) is 0 Å². The topological polar surface area (TPSA) is 12.0 Å². The van der Waals surface area contributed by atoms with Crippen LogP contribution in [0.4, 0.5) is 0 Å². The van der Waals surface area contributed by atoms with Gasteiger partial charge in [-0.05, 0) is 67.1 Å². The Bertz CT molecular complexity index is 560. The molecule has 1 nitrogen and oxygen atoms in total. The number of hydrogen-bond donors (Lipinski definition) is 1. The maximum atomic E-state index is 3.67. The Morgan fingerprint density at radius 3 is 2.15 bits per heavy atom. The second-order valence-electron chi connectivity index (χ2n) is 5.09. The lowest BCUT2D eigenvalue weighted by atomic mass is 9.96. The summed E-state index contributed by atoms with van der Waals surface area (Å²) in [5, 5.41) is 3.57. The van der Waals surface area contributed by atoms with Crippen molar-refractivity contribution in [1.29, 1.82) is 0 Å². The van der Waals surface area contributed by atoms with Gasteiger partial charge in [0.25, 0.3) is 0 Å². The summed E-state index contributed by atoms with van der Waals surface area (Å²) < 4.78 is 2.34. The van der Waals surface area contributed by atoms with Crippen LogP contribution in [-0.2, 0) is 0 Å². The van der Waals surface area contributed by atoms with Crippen molar-refractivity contribution in [2.24, 2.45) is 0 Å². The van der Waals surface area contributed by atoms with Crippen LogP contribution in [0.1, 0.15) is 49.4 Å². The zero-order valence-electron chi connectivity index (χ0n) is 11.9. The van der Waals surface area contributed by atoms with E-state index < -0.39 is 0 Å². The molecule has 1 aromatic carbocycles. The summed E-state index contributed by atoms with van der Waals surface area (Å²) in [5.74, 6) is 0.573. The summed E-state index contributed by atoms with van der Waals surface area (Å²) >= 11 is 8.96. The molecule has 0 amide bonds. The van der Waals surface area contributed by atoms with Crippen molar-refractivity contribution in [2.75, 3.05) is 6.54 Å². The summed E-state index contributed by atoms with van der Waals surface area (Å²) in [6, 6.07) is 11.4. The van der Waals surface area contributed by atoms with E-state index in [9.17, 15) is 0 Å². The van der Waals surface area contributed by atoms with Gasteiger partial charge in [-0.25, -0.2) is 0 Å². The molecule has 20 heavy (non-hydrogen) atoms. The molecule has 0 spiro atoms. The smallest absolute Gasteiger partial charge is 0.0761 e. The average molecular weight is 417 g/mol. The number of benzene rings is 1. The van der Waals surface area contributed by atoms with Gasteiger partial charge in [0.2, 0.25) is 0 Å². The van der Waals surface area contributed by atoms with E-state index in [4.69, 9.17) is 0 Å². The van der Waals surface area contributed by atoms with Crippen molar-refractivity contribution in [2.45, 2.75) is 32.7 Å². The van der Waals surface area contributed by atoms with Gasteiger partial charge in [-0.1, -0.05) is 45.0 Å². The van der Waals surface area contributed by atoms with Crippen LogP contribution in [0.15, 0.2) is 37.9 Å². The third-order valence-electron chi connectivity index (χ3n) is 3.34. The summed E-state index contributed by atoms with van der Waals surface area (Å²) in [6.07, 6.45) is 0. The van der Waals surface area contributed by atoms with Crippen molar-refractivity contribution in [3.05, 3.63) is 54.6 Å². The largest absolute Gasteiger partial charge is 0.306 e. The van der Waals surface area contributed by atoms with Crippen LogP contribution in [0.5, 0.6) is 0 Å². The first-order valence-corrected chi connectivity index (χ1v) is 9.21. The van der Waals surface area contributed by atoms with Crippen LogP contribution < -0.4 is 5.32 Å². The van der Waals surface area contributed by atoms with E-state index in [1.54, 1.807) is 11.3 Å². The molecule has 0 fully saturated rings. The van der Waals surface area contributed by atoms with Crippen molar-refractivity contribution in [3.8, 4) is 0 Å². The molecular formula is C16H19Br2NS. The molecule has 0 saturated heterocycles. The fourth-order valence-corrected chi connectivity index (χ4v) is 5.14. The predicted molar refractivity (Wildman–Crippen MR) is 95.8 cm³/mol. The first-order valence-electron chi connectivity index (χ1n) is 6.80. The zero-order valence-corrected chi connectivity index (χ0v) is 15.9. The second-order valence-corrected chi connectivity index (χ2v) is 8.84. The highest BCUT2D eigenvalue weighted by molar-refractivity contribution is 9.12. The quantitative estimate of drug-likeness (QED) is 0.621. The molecule has 0 radical (unpaired) electrons. The Morgan fingerprint density at radius 2 is 1.70 bits per heavy atom.